The summed E-state index contributed by atoms with van der Waals surface area (Å²) in [5.74, 6) is 0.159. The standard InChI is InChI=1S/C23H27FN2O2S/c1-2-28-22(27)19-8-10-21(11-9-19)25-23(29)26-14-12-17(13-15-26)6-7-18-4-3-5-20(24)16-18/h3-5,8-11,16-17H,2,6-7,12-15H2,1H3,(H,25,29). The monoisotopic (exact) mass is 414 g/mol. The van der Waals surface area contributed by atoms with Crippen LogP contribution in [-0.4, -0.2) is 35.7 Å². The zero-order valence-corrected chi connectivity index (χ0v) is 17.5. The summed E-state index contributed by atoms with van der Waals surface area (Å²) in [6.07, 6.45) is 4.16. The summed E-state index contributed by atoms with van der Waals surface area (Å²) in [7, 11) is 0. The molecular weight excluding hydrogens is 387 g/mol. The maximum absolute atomic E-state index is 13.3. The van der Waals surface area contributed by atoms with Crippen LogP contribution in [0.3, 0.4) is 0 Å². The third-order valence-corrected chi connectivity index (χ3v) is 5.64. The molecule has 2 aromatic rings. The lowest BCUT2D eigenvalue weighted by Gasteiger charge is -2.34. The number of thiocarbonyl (C=S) groups is 1. The molecule has 4 nitrogen and oxygen atoms in total. The van der Waals surface area contributed by atoms with E-state index in [9.17, 15) is 9.18 Å². The highest BCUT2D eigenvalue weighted by molar-refractivity contribution is 7.80. The van der Waals surface area contributed by atoms with Crippen molar-refractivity contribution in [2.75, 3.05) is 25.0 Å². The number of hydrogen-bond acceptors (Lipinski definition) is 3. The molecule has 0 aliphatic carbocycles. The molecule has 1 aliphatic heterocycles. The highest BCUT2D eigenvalue weighted by atomic mass is 32.1. The summed E-state index contributed by atoms with van der Waals surface area (Å²) >= 11 is 5.56. The van der Waals surface area contributed by atoms with E-state index in [4.69, 9.17) is 17.0 Å². The van der Waals surface area contributed by atoms with Gasteiger partial charge in [-0.25, -0.2) is 9.18 Å². The highest BCUT2D eigenvalue weighted by Crippen LogP contribution is 2.23. The number of carbonyl (C=O) groups is 1. The first-order chi connectivity index (χ1) is 14.0. The number of esters is 1. The fourth-order valence-electron chi connectivity index (χ4n) is 3.59. The molecule has 1 fully saturated rings. The smallest absolute Gasteiger partial charge is 0.338 e. The van der Waals surface area contributed by atoms with E-state index in [-0.39, 0.29) is 11.8 Å². The average Bonchev–Trinajstić information content (AvgIpc) is 2.73. The summed E-state index contributed by atoms with van der Waals surface area (Å²) in [5, 5.41) is 3.96. The van der Waals surface area contributed by atoms with Crippen molar-refractivity contribution in [2.24, 2.45) is 5.92 Å². The Morgan fingerprint density at radius 1 is 1.21 bits per heavy atom. The van der Waals surface area contributed by atoms with E-state index in [2.05, 4.69) is 10.2 Å². The number of benzene rings is 2. The Morgan fingerprint density at radius 2 is 1.93 bits per heavy atom. The molecule has 6 heteroatoms. The zero-order valence-electron chi connectivity index (χ0n) is 16.7. The van der Waals surface area contributed by atoms with Crippen molar-refractivity contribution in [3.63, 3.8) is 0 Å². The first-order valence-corrected chi connectivity index (χ1v) is 10.5. The molecule has 0 atom stereocenters. The van der Waals surface area contributed by atoms with Gasteiger partial charge in [0.2, 0.25) is 0 Å². The average molecular weight is 415 g/mol. The first-order valence-electron chi connectivity index (χ1n) is 10.1. The van der Waals surface area contributed by atoms with Gasteiger partial charge < -0.3 is 15.0 Å². The third kappa shape index (κ3) is 6.26. The molecule has 3 rings (SSSR count). The van der Waals surface area contributed by atoms with Crippen molar-refractivity contribution in [3.05, 3.63) is 65.5 Å². The van der Waals surface area contributed by atoms with Gasteiger partial charge in [-0.05, 0) is 92.7 Å². The number of aryl methyl sites for hydroxylation is 1. The second kappa shape index (κ2) is 10.3. The Hall–Kier alpha value is -2.47. The van der Waals surface area contributed by atoms with Crippen molar-refractivity contribution in [1.82, 2.24) is 4.90 Å². The van der Waals surface area contributed by atoms with Crippen molar-refractivity contribution in [3.8, 4) is 0 Å². The molecule has 0 radical (unpaired) electrons. The first kappa shape index (κ1) is 21.2. The molecule has 2 aromatic carbocycles. The molecule has 0 spiro atoms. The minimum atomic E-state index is -0.318. The Labute approximate surface area is 177 Å². The molecule has 1 aliphatic rings. The molecule has 0 amide bonds. The number of hydrogen-bond donors (Lipinski definition) is 1. The van der Waals surface area contributed by atoms with Crippen LogP contribution < -0.4 is 5.32 Å². The molecule has 154 valence electrons. The molecule has 0 saturated carbocycles. The lowest BCUT2D eigenvalue weighted by molar-refractivity contribution is 0.0526. The van der Waals surface area contributed by atoms with E-state index in [1.54, 1.807) is 31.2 Å². The number of anilines is 1. The van der Waals surface area contributed by atoms with Crippen LogP contribution >= 0.6 is 12.2 Å². The van der Waals surface area contributed by atoms with Crippen LogP contribution in [0.5, 0.6) is 0 Å². The number of nitrogens with zero attached hydrogens (tertiary/aromatic N) is 1. The van der Waals surface area contributed by atoms with E-state index >= 15 is 0 Å². The predicted octanol–water partition coefficient (Wildman–Crippen LogP) is 5.04. The molecular formula is C23H27FN2O2S. The van der Waals surface area contributed by atoms with Gasteiger partial charge in [0.05, 0.1) is 12.2 Å². The Morgan fingerprint density at radius 3 is 2.59 bits per heavy atom. The van der Waals surface area contributed by atoms with Crippen LogP contribution in [0.1, 0.15) is 42.1 Å². The van der Waals surface area contributed by atoms with Gasteiger partial charge in [-0.1, -0.05) is 12.1 Å². The van der Waals surface area contributed by atoms with E-state index in [0.29, 0.717) is 23.2 Å². The van der Waals surface area contributed by atoms with Gasteiger partial charge in [0, 0.05) is 18.8 Å². The van der Waals surface area contributed by atoms with Gasteiger partial charge >= 0.3 is 5.97 Å². The summed E-state index contributed by atoms with van der Waals surface area (Å²) < 4.78 is 18.3. The van der Waals surface area contributed by atoms with Gasteiger partial charge in [-0.15, -0.1) is 0 Å². The number of piperidine rings is 1. The quantitative estimate of drug-likeness (QED) is 0.530. The molecule has 0 bridgehead atoms. The lowest BCUT2D eigenvalue weighted by Crippen LogP contribution is -2.40. The largest absolute Gasteiger partial charge is 0.462 e. The number of ether oxygens (including phenoxy) is 1. The summed E-state index contributed by atoms with van der Waals surface area (Å²) in [6.45, 7) is 3.99. The van der Waals surface area contributed by atoms with Crippen LogP contribution in [0.15, 0.2) is 48.5 Å². The van der Waals surface area contributed by atoms with Gasteiger partial charge in [0.15, 0.2) is 5.11 Å². The van der Waals surface area contributed by atoms with Crippen LogP contribution in [0.4, 0.5) is 10.1 Å². The minimum Gasteiger partial charge on any atom is -0.462 e. The number of carbonyl (C=O) groups excluding carboxylic acids is 1. The molecule has 0 aromatic heterocycles. The van der Waals surface area contributed by atoms with E-state index in [1.165, 1.54) is 6.07 Å². The van der Waals surface area contributed by atoms with E-state index < -0.39 is 0 Å². The van der Waals surface area contributed by atoms with Gasteiger partial charge in [0.1, 0.15) is 5.82 Å². The number of rotatable bonds is 6. The van der Waals surface area contributed by atoms with E-state index in [0.717, 1.165) is 50.0 Å². The maximum atomic E-state index is 13.3. The molecule has 1 N–H and O–H groups in total. The third-order valence-electron chi connectivity index (χ3n) is 5.28. The number of halogens is 1. The van der Waals surface area contributed by atoms with Gasteiger partial charge in [0.25, 0.3) is 0 Å². The summed E-state index contributed by atoms with van der Waals surface area (Å²) in [6, 6.07) is 14.0. The molecule has 29 heavy (non-hydrogen) atoms. The predicted molar refractivity (Wildman–Crippen MR) is 118 cm³/mol. The topological polar surface area (TPSA) is 41.6 Å². The van der Waals surface area contributed by atoms with Crippen LogP contribution in [0.25, 0.3) is 0 Å². The number of nitrogens with one attached hydrogen (secondary N) is 1. The fourth-order valence-corrected chi connectivity index (χ4v) is 3.90. The Kier molecular flexibility index (Phi) is 7.58. The normalized spacial score (nSPS) is 14.5. The molecule has 0 unspecified atom stereocenters. The lowest BCUT2D eigenvalue weighted by atomic mass is 9.90. The van der Waals surface area contributed by atoms with Crippen molar-refractivity contribution < 1.29 is 13.9 Å². The number of likely N-dealkylation sites (tertiary alicyclic amines) is 1. The maximum Gasteiger partial charge on any atom is 0.338 e. The summed E-state index contributed by atoms with van der Waals surface area (Å²) in [4.78, 5) is 13.9. The van der Waals surface area contributed by atoms with Crippen LogP contribution in [0, 0.1) is 11.7 Å². The van der Waals surface area contributed by atoms with Crippen molar-refractivity contribution >= 4 is 29.0 Å². The second-order valence-corrected chi connectivity index (χ2v) is 7.71. The Balaban J connectivity index is 1.43. The SMILES string of the molecule is CCOC(=O)c1ccc(NC(=S)N2CCC(CCc3cccc(F)c3)CC2)cc1. The van der Waals surface area contributed by atoms with Gasteiger partial charge in [-0.3, -0.25) is 0 Å². The van der Waals surface area contributed by atoms with Crippen molar-refractivity contribution in [1.29, 1.82) is 0 Å². The van der Waals surface area contributed by atoms with Crippen LogP contribution in [0.2, 0.25) is 0 Å². The second-order valence-electron chi connectivity index (χ2n) is 7.33. The Bertz CT molecular complexity index is 833. The van der Waals surface area contributed by atoms with Crippen molar-refractivity contribution in [2.45, 2.75) is 32.6 Å². The molecule has 1 heterocycles. The van der Waals surface area contributed by atoms with Gasteiger partial charge in [-0.2, -0.15) is 0 Å². The fraction of sp³-hybridized carbons (Fsp3) is 0.391. The zero-order chi connectivity index (χ0) is 20.6. The highest BCUT2D eigenvalue weighted by Gasteiger charge is 2.21. The molecule has 1 saturated heterocycles. The van der Waals surface area contributed by atoms with E-state index in [1.807, 2.05) is 18.2 Å². The van der Waals surface area contributed by atoms with Crippen LogP contribution in [-0.2, 0) is 11.2 Å². The minimum absolute atomic E-state index is 0.163. The summed E-state index contributed by atoms with van der Waals surface area (Å²) in [5.41, 5.74) is 2.45.